The van der Waals surface area contributed by atoms with Gasteiger partial charge in [0.25, 0.3) is 0 Å². The van der Waals surface area contributed by atoms with Crippen molar-refractivity contribution in [2.45, 2.75) is 0 Å². The molecule has 0 saturated carbocycles. The quantitative estimate of drug-likeness (QED) is 0.150. The van der Waals surface area contributed by atoms with Crippen molar-refractivity contribution < 1.29 is 4.42 Å². The van der Waals surface area contributed by atoms with Crippen molar-refractivity contribution >= 4 is 71.3 Å². The number of benzene rings is 11. The summed E-state index contributed by atoms with van der Waals surface area (Å²) in [5, 5.41) is 9.70. The van der Waals surface area contributed by atoms with E-state index in [9.17, 15) is 0 Å². The van der Waals surface area contributed by atoms with Crippen LogP contribution in [-0.2, 0) is 0 Å². The molecular formula is C60H39NO. The molecule has 0 unspecified atom stereocenters. The van der Waals surface area contributed by atoms with Gasteiger partial charge >= 0.3 is 0 Å². The number of hydrogen-bond acceptors (Lipinski definition) is 2. The van der Waals surface area contributed by atoms with Gasteiger partial charge in [0.2, 0.25) is 0 Å². The Morgan fingerprint density at radius 3 is 1.39 bits per heavy atom. The normalized spacial score (nSPS) is 11.5. The van der Waals surface area contributed by atoms with Crippen LogP contribution in [0.2, 0.25) is 0 Å². The van der Waals surface area contributed by atoms with Crippen molar-refractivity contribution in [1.82, 2.24) is 0 Å². The molecule has 290 valence electrons. The highest BCUT2D eigenvalue weighted by Gasteiger charge is 2.26. The molecule has 62 heavy (non-hydrogen) atoms. The number of hydrogen-bond donors (Lipinski definition) is 0. The van der Waals surface area contributed by atoms with Gasteiger partial charge in [0.1, 0.15) is 11.2 Å². The van der Waals surface area contributed by atoms with Crippen LogP contribution in [0.15, 0.2) is 241 Å². The van der Waals surface area contributed by atoms with Crippen LogP contribution in [-0.4, -0.2) is 0 Å². The lowest BCUT2D eigenvalue weighted by Crippen LogP contribution is -2.13. The molecule has 0 radical (unpaired) electrons. The van der Waals surface area contributed by atoms with Crippen LogP contribution >= 0.6 is 0 Å². The van der Waals surface area contributed by atoms with Crippen LogP contribution in [0.4, 0.5) is 17.1 Å². The number of anilines is 3. The van der Waals surface area contributed by atoms with Gasteiger partial charge in [-0.1, -0.05) is 200 Å². The Balaban J connectivity index is 1.17. The van der Waals surface area contributed by atoms with E-state index in [4.69, 9.17) is 4.42 Å². The van der Waals surface area contributed by atoms with Crippen molar-refractivity contribution in [2.24, 2.45) is 0 Å². The van der Waals surface area contributed by atoms with Crippen LogP contribution in [0.5, 0.6) is 0 Å². The largest absolute Gasteiger partial charge is 0.455 e. The highest BCUT2D eigenvalue weighted by molar-refractivity contribution is 6.26. The summed E-state index contributed by atoms with van der Waals surface area (Å²) in [6, 6.07) is 85.4. The van der Waals surface area contributed by atoms with Gasteiger partial charge in [0.05, 0.1) is 22.4 Å². The maximum atomic E-state index is 6.90. The van der Waals surface area contributed by atoms with E-state index in [0.717, 1.165) is 72.4 Å². The fourth-order valence-corrected chi connectivity index (χ4v) is 9.70. The zero-order chi connectivity index (χ0) is 41.0. The third kappa shape index (κ3) is 5.80. The number of para-hydroxylation sites is 3. The summed E-state index contributed by atoms with van der Waals surface area (Å²) in [4.78, 5) is 2.48. The summed E-state index contributed by atoms with van der Waals surface area (Å²) in [7, 11) is 0. The predicted octanol–water partition coefficient (Wildman–Crippen LogP) is 17.2. The standard InChI is InChI=1S/C60H39NO/c1-3-19-40(20-4-1)43-23-7-8-25-46(43)52-30-14-17-33-56(52)61(57-38-37-45(41-21-5-2-6-22-41)60-59(57)53-31-15-18-34-58(53)62-60)55-32-16-13-24-44(55)42-35-36-51-49-28-10-9-26-47(49)48-27-11-12-29-50(48)54(51)39-42/h1-39H. The summed E-state index contributed by atoms with van der Waals surface area (Å²) in [6.07, 6.45) is 0. The minimum absolute atomic E-state index is 0.858. The van der Waals surface area contributed by atoms with Crippen molar-refractivity contribution in [2.75, 3.05) is 4.90 Å². The highest BCUT2D eigenvalue weighted by Crippen LogP contribution is 2.51. The fourth-order valence-electron chi connectivity index (χ4n) is 9.70. The Kier molecular flexibility index (Phi) is 8.53. The van der Waals surface area contributed by atoms with E-state index in [-0.39, 0.29) is 0 Å². The number of rotatable bonds is 7. The Hall–Kier alpha value is -8.20. The molecule has 0 saturated heterocycles. The van der Waals surface area contributed by atoms with Crippen molar-refractivity contribution in [3.8, 4) is 44.5 Å². The molecule has 0 N–H and O–H groups in total. The second kappa shape index (κ2) is 14.8. The smallest absolute Gasteiger partial charge is 0.145 e. The first kappa shape index (κ1) is 35.7. The topological polar surface area (TPSA) is 16.4 Å². The molecule has 0 aliphatic heterocycles. The molecule has 0 aliphatic carbocycles. The van der Waals surface area contributed by atoms with E-state index in [1.165, 1.54) is 43.4 Å². The summed E-state index contributed by atoms with van der Waals surface area (Å²) < 4.78 is 6.90. The van der Waals surface area contributed by atoms with Gasteiger partial charge in [-0.3, -0.25) is 0 Å². The Labute approximate surface area is 360 Å². The van der Waals surface area contributed by atoms with Crippen LogP contribution in [0, 0.1) is 0 Å². The molecule has 0 aliphatic rings. The van der Waals surface area contributed by atoms with Gasteiger partial charge in [-0.15, -0.1) is 0 Å². The summed E-state index contributed by atoms with van der Waals surface area (Å²) in [5.74, 6) is 0. The van der Waals surface area contributed by atoms with E-state index in [1.807, 2.05) is 0 Å². The lowest BCUT2D eigenvalue weighted by Gasteiger charge is -2.31. The molecule has 0 spiro atoms. The van der Waals surface area contributed by atoms with E-state index in [1.54, 1.807) is 0 Å². The van der Waals surface area contributed by atoms with Crippen LogP contribution in [0.25, 0.3) is 98.8 Å². The van der Waals surface area contributed by atoms with E-state index < -0.39 is 0 Å². The van der Waals surface area contributed by atoms with Crippen molar-refractivity contribution in [1.29, 1.82) is 0 Å². The van der Waals surface area contributed by atoms with Crippen molar-refractivity contribution in [3.05, 3.63) is 237 Å². The van der Waals surface area contributed by atoms with Gasteiger partial charge in [-0.2, -0.15) is 0 Å². The van der Waals surface area contributed by atoms with Gasteiger partial charge in [0, 0.05) is 22.1 Å². The lowest BCUT2D eigenvalue weighted by molar-refractivity contribution is 0.670. The second-order valence-electron chi connectivity index (χ2n) is 15.9. The van der Waals surface area contributed by atoms with Gasteiger partial charge in [-0.05, 0) is 96.5 Å². The highest BCUT2D eigenvalue weighted by atomic mass is 16.3. The summed E-state index contributed by atoms with van der Waals surface area (Å²) in [6.45, 7) is 0. The van der Waals surface area contributed by atoms with Gasteiger partial charge < -0.3 is 9.32 Å². The third-order valence-corrected chi connectivity index (χ3v) is 12.5. The number of furan rings is 1. The average molecular weight is 790 g/mol. The maximum Gasteiger partial charge on any atom is 0.145 e. The predicted molar refractivity (Wildman–Crippen MR) is 263 cm³/mol. The Morgan fingerprint density at radius 1 is 0.258 bits per heavy atom. The monoisotopic (exact) mass is 789 g/mol. The van der Waals surface area contributed by atoms with Crippen LogP contribution < -0.4 is 4.90 Å². The lowest BCUT2D eigenvalue weighted by atomic mass is 9.91. The molecule has 0 bridgehead atoms. The molecule has 1 heterocycles. The molecule has 11 aromatic carbocycles. The first-order chi connectivity index (χ1) is 30.8. The average Bonchev–Trinajstić information content (AvgIpc) is 3.75. The summed E-state index contributed by atoms with van der Waals surface area (Å²) >= 11 is 0. The molecule has 0 amide bonds. The zero-order valence-electron chi connectivity index (χ0n) is 33.9. The second-order valence-corrected chi connectivity index (χ2v) is 15.9. The molecule has 0 atom stereocenters. The molecule has 2 nitrogen and oxygen atoms in total. The fraction of sp³-hybridized carbons (Fsp3) is 0. The van der Waals surface area contributed by atoms with E-state index >= 15 is 0 Å². The SMILES string of the molecule is c1ccc(-c2ccccc2-c2ccccc2N(c2ccccc2-c2ccc3c4ccccc4c4ccccc4c3c2)c2ccc(-c3ccccc3)c3oc4ccccc4c23)cc1. The molecule has 0 fully saturated rings. The number of fused-ring (bicyclic) bond motifs is 9. The third-order valence-electron chi connectivity index (χ3n) is 12.5. The molecule has 12 aromatic rings. The molecular weight excluding hydrogens is 751 g/mol. The van der Waals surface area contributed by atoms with Crippen molar-refractivity contribution in [3.63, 3.8) is 0 Å². The molecule has 2 heteroatoms. The first-order valence-corrected chi connectivity index (χ1v) is 21.3. The molecule has 1 aromatic heterocycles. The zero-order valence-corrected chi connectivity index (χ0v) is 33.9. The maximum absolute atomic E-state index is 6.90. The summed E-state index contributed by atoms with van der Waals surface area (Å²) in [5.41, 5.74) is 14.0. The van der Waals surface area contributed by atoms with Crippen LogP contribution in [0.3, 0.4) is 0 Å². The molecule has 12 rings (SSSR count). The number of nitrogens with zero attached hydrogens (tertiary/aromatic N) is 1. The van der Waals surface area contributed by atoms with Crippen LogP contribution in [0.1, 0.15) is 0 Å². The Morgan fingerprint density at radius 2 is 0.726 bits per heavy atom. The van der Waals surface area contributed by atoms with E-state index in [0.29, 0.717) is 0 Å². The minimum atomic E-state index is 0.858. The van der Waals surface area contributed by atoms with E-state index in [2.05, 4.69) is 241 Å². The first-order valence-electron chi connectivity index (χ1n) is 21.3. The van der Waals surface area contributed by atoms with Gasteiger partial charge in [-0.25, -0.2) is 0 Å². The Bertz CT molecular complexity index is 3600. The van der Waals surface area contributed by atoms with Gasteiger partial charge in [0.15, 0.2) is 0 Å². The minimum Gasteiger partial charge on any atom is -0.455 e.